The summed E-state index contributed by atoms with van der Waals surface area (Å²) in [6, 6.07) is 2.00. The van der Waals surface area contributed by atoms with Gasteiger partial charge in [0.25, 0.3) is 0 Å². The number of aromatic amines is 1. The van der Waals surface area contributed by atoms with Crippen LogP contribution >= 0.6 is 0 Å². The van der Waals surface area contributed by atoms with Gasteiger partial charge in [0.1, 0.15) is 18.1 Å². The van der Waals surface area contributed by atoms with Crippen molar-refractivity contribution in [3.8, 4) is 6.07 Å². The third-order valence-electron chi connectivity index (χ3n) is 2.21. The SMILES string of the molecule is CC(C)C(C#N)C(=O)NCCc1ncn[nH]1. The molecule has 0 aliphatic heterocycles. The molecule has 0 bridgehead atoms. The zero-order chi connectivity index (χ0) is 12.0. The highest BCUT2D eigenvalue weighted by Crippen LogP contribution is 2.08. The fraction of sp³-hybridized carbons (Fsp3) is 0.600. The maximum Gasteiger partial charge on any atom is 0.237 e. The highest BCUT2D eigenvalue weighted by molar-refractivity contribution is 5.81. The van der Waals surface area contributed by atoms with Crippen molar-refractivity contribution in [3.05, 3.63) is 12.2 Å². The van der Waals surface area contributed by atoms with Crippen LogP contribution in [0.5, 0.6) is 0 Å². The largest absolute Gasteiger partial charge is 0.355 e. The summed E-state index contributed by atoms with van der Waals surface area (Å²) < 4.78 is 0. The van der Waals surface area contributed by atoms with Crippen molar-refractivity contribution in [2.45, 2.75) is 20.3 Å². The number of rotatable bonds is 5. The van der Waals surface area contributed by atoms with Gasteiger partial charge in [-0.3, -0.25) is 9.89 Å². The molecule has 0 radical (unpaired) electrons. The van der Waals surface area contributed by atoms with Crippen LogP contribution < -0.4 is 5.32 Å². The molecule has 1 amide bonds. The van der Waals surface area contributed by atoms with Gasteiger partial charge in [0.05, 0.1) is 6.07 Å². The molecule has 16 heavy (non-hydrogen) atoms. The molecule has 1 rings (SSSR count). The van der Waals surface area contributed by atoms with Crippen LogP contribution in [0, 0.1) is 23.2 Å². The van der Waals surface area contributed by atoms with Crippen LogP contribution in [0.15, 0.2) is 6.33 Å². The predicted octanol–water partition coefficient (Wildman–Crippen LogP) is 0.259. The van der Waals surface area contributed by atoms with Gasteiger partial charge in [-0.25, -0.2) is 4.98 Å². The average Bonchev–Trinajstić information content (AvgIpc) is 2.71. The van der Waals surface area contributed by atoms with Crippen molar-refractivity contribution >= 4 is 5.91 Å². The maximum absolute atomic E-state index is 11.6. The number of nitriles is 1. The number of amides is 1. The molecular weight excluding hydrogens is 206 g/mol. The molecule has 86 valence electrons. The molecule has 6 heteroatoms. The molecule has 0 aliphatic rings. The first-order valence-electron chi connectivity index (χ1n) is 5.16. The topological polar surface area (TPSA) is 94.5 Å². The van der Waals surface area contributed by atoms with E-state index in [0.717, 1.165) is 5.82 Å². The van der Waals surface area contributed by atoms with E-state index in [4.69, 9.17) is 5.26 Å². The van der Waals surface area contributed by atoms with E-state index in [1.165, 1.54) is 6.33 Å². The van der Waals surface area contributed by atoms with Gasteiger partial charge in [-0.2, -0.15) is 10.4 Å². The van der Waals surface area contributed by atoms with Crippen LogP contribution in [0.4, 0.5) is 0 Å². The quantitative estimate of drug-likeness (QED) is 0.745. The summed E-state index contributed by atoms with van der Waals surface area (Å²) in [4.78, 5) is 15.5. The third kappa shape index (κ3) is 3.35. The lowest BCUT2D eigenvalue weighted by Gasteiger charge is -2.12. The molecular formula is C10H15N5O. The van der Waals surface area contributed by atoms with E-state index in [1.54, 1.807) is 0 Å². The van der Waals surface area contributed by atoms with Crippen LogP contribution in [0.3, 0.4) is 0 Å². The molecule has 1 aromatic heterocycles. The smallest absolute Gasteiger partial charge is 0.237 e. The Balaban J connectivity index is 2.33. The van der Waals surface area contributed by atoms with Gasteiger partial charge in [0.2, 0.25) is 5.91 Å². The first kappa shape index (κ1) is 12.2. The lowest BCUT2D eigenvalue weighted by molar-refractivity contribution is -0.124. The molecule has 1 aromatic rings. The number of aromatic nitrogens is 3. The van der Waals surface area contributed by atoms with Crippen molar-refractivity contribution < 1.29 is 4.79 Å². The fourth-order valence-electron chi connectivity index (χ4n) is 1.28. The summed E-state index contributed by atoms with van der Waals surface area (Å²) in [5.41, 5.74) is 0. The first-order chi connectivity index (χ1) is 7.65. The van der Waals surface area contributed by atoms with Gasteiger partial charge in [-0.15, -0.1) is 0 Å². The van der Waals surface area contributed by atoms with Crippen molar-refractivity contribution in [1.82, 2.24) is 20.5 Å². The Labute approximate surface area is 94.1 Å². The standard InChI is InChI=1S/C10H15N5O/c1-7(2)8(5-11)10(16)12-4-3-9-13-6-14-15-9/h6-8H,3-4H2,1-2H3,(H,12,16)(H,13,14,15). The summed E-state index contributed by atoms with van der Waals surface area (Å²) in [6.45, 7) is 4.16. The van der Waals surface area contributed by atoms with Crippen LogP contribution in [0.1, 0.15) is 19.7 Å². The van der Waals surface area contributed by atoms with Crippen molar-refractivity contribution in [1.29, 1.82) is 5.26 Å². The van der Waals surface area contributed by atoms with Gasteiger partial charge in [-0.1, -0.05) is 13.8 Å². The number of hydrogen-bond donors (Lipinski definition) is 2. The first-order valence-corrected chi connectivity index (χ1v) is 5.16. The molecule has 0 fully saturated rings. The second-order valence-corrected chi connectivity index (χ2v) is 3.82. The third-order valence-corrected chi connectivity index (χ3v) is 2.21. The minimum absolute atomic E-state index is 0.0234. The average molecular weight is 221 g/mol. The van der Waals surface area contributed by atoms with Gasteiger partial charge in [-0.05, 0) is 5.92 Å². The zero-order valence-electron chi connectivity index (χ0n) is 9.40. The van der Waals surface area contributed by atoms with E-state index in [1.807, 2.05) is 19.9 Å². The monoisotopic (exact) mass is 221 g/mol. The second-order valence-electron chi connectivity index (χ2n) is 3.82. The van der Waals surface area contributed by atoms with Crippen LogP contribution in [0.25, 0.3) is 0 Å². The summed E-state index contributed by atoms with van der Waals surface area (Å²) in [6.07, 6.45) is 2.01. The van der Waals surface area contributed by atoms with Crippen molar-refractivity contribution in [3.63, 3.8) is 0 Å². The molecule has 1 heterocycles. The molecule has 0 aliphatic carbocycles. The Bertz CT molecular complexity index is 365. The molecule has 0 aromatic carbocycles. The Hall–Kier alpha value is -1.90. The summed E-state index contributed by atoms with van der Waals surface area (Å²) in [5.74, 6) is -0.0691. The number of carbonyl (C=O) groups excluding carboxylic acids is 1. The van der Waals surface area contributed by atoms with Gasteiger partial charge < -0.3 is 5.32 Å². The highest BCUT2D eigenvalue weighted by Gasteiger charge is 2.20. The lowest BCUT2D eigenvalue weighted by atomic mass is 9.97. The van der Waals surface area contributed by atoms with E-state index in [9.17, 15) is 4.79 Å². The fourth-order valence-corrected chi connectivity index (χ4v) is 1.28. The van der Waals surface area contributed by atoms with E-state index >= 15 is 0 Å². The summed E-state index contributed by atoms with van der Waals surface area (Å²) in [5, 5.41) is 17.9. The Morgan fingerprint density at radius 2 is 2.44 bits per heavy atom. The van der Waals surface area contributed by atoms with E-state index in [0.29, 0.717) is 13.0 Å². The zero-order valence-corrected chi connectivity index (χ0v) is 9.40. The Morgan fingerprint density at radius 1 is 1.69 bits per heavy atom. The van der Waals surface area contributed by atoms with Crippen molar-refractivity contribution in [2.24, 2.45) is 11.8 Å². The number of nitrogens with one attached hydrogen (secondary N) is 2. The van der Waals surface area contributed by atoms with E-state index in [-0.39, 0.29) is 11.8 Å². The molecule has 1 unspecified atom stereocenters. The predicted molar refractivity (Wildman–Crippen MR) is 57.0 cm³/mol. The maximum atomic E-state index is 11.6. The highest BCUT2D eigenvalue weighted by atomic mass is 16.1. The molecule has 1 atom stereocenters. The van der Waals surface area contributed by atoms with Crippen molar-refractivity contribution in [2.75, 3.05) is 6.54 Å². The second kappa shape index (κ2) is 5.85. The minimum atomic E-state index is -0.588. The van der Waals surface area contributed by atoms with Crippen LogP contribution in [0.2, 0.25) is 0 Å². The van der Waals surface area contributed by atoms with Gasteiger partial charge in [0.15, 0.2) is 0 Å². The van der Waals surface area contributed by atoms with Crippen LogP contribution in [-0.2, 0) is 11.2 Å². The summed E-state index contributed by atoms with van der Waals surface area (Å²) in [7, 11) is 0. The van der Waals surface area contributed by atoms with Gasteiger partial charge in [0, 0.05) is 13.0 Å². The minimum Gasteiger partial charge on any atom is -0.355 e. The van der Waals surface area contributed by atoms with Crippen LogP contribution in [-0.4, -0.2) is 27.6 Å². The molecule has 0 saturated carbocycles. The molecule has 2 N–H and O–H groups in total. The molecule has 0 saturated heterocycles. The van der Waals surface area contributed by atoms with E-state index < -0.39 is 5.92 Å². The van der Waals surface area contributed by atoms with E-state index in [2.05, 4.69) is 20.5 Å². The number of nitrogens with zero attached hydrogens (tertiary/aromatic N) is 3. The molecule has 0 spiro atoms. The number of hydrogen-bond acceptors (Lipinski definition) is 4. The van der Waals surface area contributed by atoms with Gasteiger partial charge >= 0.3 is 0 Å². The Kier molecular flexibility index (Phi) is 4.45. The lowest BCUT2D eigenvalue weighted by Crippen LogP contribution is -2.34. The normalized spacial score (nSPS) is 12.1. The Morgan fingerprint density at radius 3 is 2.94 bits per heavy atom. The summed E-state index contributed by atoms with van der Waals surface area (Å²) >= 11 is 0. The number of carbonyl (C=O) groups is 1. The number of H-pyrrole nitrogens is 1. The molecule has 6 nitrogen and oxygen atoms in total.